The Morgan fingerprint density at radius 1 is 1.02 bits per heavy atom. The van der Waals surface area contributed by atoms with E-state index in [1.54, 1.807) is 6.07 Å². The predicted molar refractivity (Wildman–Crippen MR) is 157 cm³/mol. The summed E-state index contributed by atoms with van der Waals surface area (Å²) in [7, 11) is -3.98. The Bertz CT molecular complexity index is 1740. The van der Waals surface area contributed by atoms with Crippen LogP contribution in [0.2, 0.25) is 0 Å². The first kappa shape index (κ1) is 28.6. The molecule has 222 valence electrons. The van der Waals surface area contributed by atoms with Gasteiger partial charge in [0.05, 0.1) is 28.9 Å². The zero-order valence-corrected chi connectivity index (χ0v) is 24.2. The van der Waals surface area contributed by atoms with Crippen LogP contribution in [0.4, 0.5) is 10.3 Å². The summed E-state index contributed by atoms with van der Waals surface area (Å²) in [5.74, 6) is 0.669. The molecule has 2 aliphatic heterocycles. The van der Waals surface area contributed by atoms with Gasteiger partial charge in [-0.15, -0.1) is 0 Å². The first-order chi connectivity index (χ1) is 20.8. The number of benzene rings is 3. The average molecular weight is 604 g/mol. The molecule has 10 nitrogen and oxygen atoms in total. The van der Waals surface area contributed by atoms with Crippen molar-refractivity contribution < 1.29 is 27.1 Å². The van der Waals surface area contributed by atoms with Gasteiger partial charge in [-0.3, -0.25) is 4.79 Å². The minimum atomic E-state index is -3.98. The lowest BCUT2D eigenvalue weighted by atomic mass is 10.1. The van der Waals surface area contributed by atoms with Crippen LogP contribution < -0.4 is 20.1 Å². The van der Waals surface area contributed by atoms with E-state index in [-0.39, 0.29) is 30.8 Å². The van der Waals surface area contributed by atoms with Gasteiger partial charge in [-0.1, -0.05) is 30.3 Å². The molecule has 2 unspecified atom stereocenters. The summed E-state index contributed by atoms with van der Waals surface area (Å²) in [6, 6.07) is 20.8. The van der Waals surface area contributed by atoms with E-state index in [0.29, 0.717) is 41.7 Å². The quantitative estimate of drug-likeness (QED) is 0.284. The summed E-state index contributed by atoms with van der Waals surface area (Å²) in [6.45, 7) is 2.40. The minimum absolute atomic E-state index is 0.0498. The van der Waals surface area contributed by atoms with Gasteiger partial charge in [0.1, 0.15) is 11.9 Å². The Labute approximate surface area is 248 Å². The van der Waals surface area contributed by atoms with E-state index in [1.165, 1.54) is 16.4 Å². The van der Waals surface area contributed by atoms with Crippen LogP contribution in [-0.4, -0.2) is 48.0 Å². The Morgan fingerprint density at radius 2 is 1.79 bits per heavy atom. The molecule has 1 fully saturated rings. The molecule has 1 amide bonds. The third-order valence-corrected chi connectivity index (χ3v) is 9.39. The highest BCUT2D eigenvalue weighted by molar-refractivity contribution is 7.89. The second-order valence-corrected chi connectivity index (χ2v) is 12.2. The van der Waals surface area contributed by atoms with Crippen LogP contribution in [0.1, 0.15) is 37.1 Å². The molecule has 3 heterocycles. The van der Waals surface area contributed by atoms with Crippen molar-refractivity contribution in [2.45, 2.75) is 43.3 Å². The Balaban J connectivity index is 1.23. The van der Waals surface area contributed by atoms with Gasteiger partial charge in [-0.2, -0.15) is 4.31 Å². The second kappa shape index (κ2) is 12.0. The number of carbonyl (C=O) groups is 1. The molecule has 0 spiro atoms. The smallest absolute Gasteiger partial charge is 0.243 e. The first-order valence-corrected chi connectivity index (χ1v) is 15.4. The molecule has 1 saturated heterocycles. The molecule has 12 heteroatoms. The molecule has 0 saturated carbocycles. The first-order valence-electron chi connectivity index (χ1n) is 13.9. The Morgan fingerprint density at radius 3 is 2.58 bits per heavy atom. The van der Waals surface area contributed by atoms with Crippen LogP contribution >= 0.6 is 0 Å². The SMILES string of the molecule is CC(Nc1nc(CNC(=O)C2CCCN2S(=O)(=O)c2ccc(F)cc2)cc(-c2ccc3c(c2)OCO3)n1)c1ccccc1. The number of hydrogen-bond donors (Lipinski definition) is 2. The fourth-order valence-corrected chi connectivity index (χ4v) is 6.86. The molecule has 3 aromatic carbocycles. The highest BCUT2D eigenvalue weighted by Gasteiger charge is 2.39. The number of ether oxygens (including phenoxy) is 2. The Hall–Kier alpha value is -4.55. The van der Waals surface area contributed by atoms with Gasteiger partial charge in [-0.05, 0) is 73.9 Å². The lowest BCUT2D eigenvalue weighted by Gasteiger charge is -2.23. The van der Waals surface area contributed by atoms with Gasteiger partial charge in [0.15, 0.2) is 11.5 Å². The van der Waals surface area contributed by atoms with Gasteiger partial charge in [0.25, 0.3) is 0 Å². The predicted octanol–water partition coefficient (Wildman–Crippen LogP) is 4.65. The molecule has 1 aromatic heterocycles. The highest BCUT2D eigenvalue weighted by atomic mass is 32.2. The molecule has 0 bridgehead atoms. The van der Waals surface area contributed by atoms with Gasteiger partial charge in [-0.25, -0.2) is 22.8 Å². The van der Waals surface area contributed by atoms with Gasteiger partial charge in [0, 0.05) is 12.1 Å². The van der Waals surface area contributed by atoms with Crippen molar-refractivity contribution in [1.29, 1.82) is 0 Å². The van der Waals surface area contributed by atoms with Crippen LogP contribution in [0, 0.1) is 5.82 Å². The van der Waals surface area contributed by atoms with Crippen molar-refractivity contribution in [3.8, 4) is 22.8 Å². The third kappa shape index (κ3) is 6.15. The molecule has 43 heavy (non-hydrogen) atoms. The van der Waals surface area contributed by atoms with E-state index < -0.39 is 27.8 Å². The molecular formula is C31H30FN5O5S. The van der Waals surface area contributed by atoms with Crippen molar-refractivity contribution in [3.63, 3.8) is 0 Å². The van der Waals surface area contributed by atoms with E-state index in [9.17, 15) is 17.6 Å². The van der Waals surface area contributed by atoms with E-state index in [4.69, 9.17) is 14.5 Å². The van der Waals surface area contributed by atoms with Crippen LogP contribution in [0.3, 0.4) is 0 Å². The summed E-state index contributed by atoms with van der Waals surface area (Å²) in [4.78, 5) is 22.7. The van der Waals surface area contributed by atoms with Crippen LogP contribution in [0.15, 0.2) is 83.8 Å². The van der Waals surface area contributed by atoms with E-state index in [1.807, 2.05) is 55.5 Å². The number of halogens is 1. The zero-order chi connectivity index (χ0) is 30.0. The van der Waals surface area contributed by atoms with Crippen LogP contribution in [-0.2, 0) is 21.4 Å². The molecule has 2 N–H and O–H groups in total. The fourth-order valence-electron chi connectivity index (χ4n) is 5.20. The number of carbonyl (C=O) groups excluding carboxylic acids is 1. The van der Waals surface area contributed by atoms with Crippen molar-refractivity contribution >= 4 is 21.9 Å². The van der Waals surface area contributed by atoms with Crippen molar-refractivity contribution in [1.82, 2.24) is 19.6 Å². The molecule has 2 aliphatic rings. The van der Waals surface area contributed by atoms with Crippen molar-refractivity contribution in [2.24, 2.45) is 0 Å². The molecule has 0 aliphatic carbocycles. The third-order valence-electron chi connectivity index (χ3n) is 7.46. The summed E-state index contributed by atoms with van der Waals surface area (Å²) in [5, 5.41) is 6.22. The lowest BCUT2D eigenvalue weighted by Crippen LogP contribution is -2.45. The summed E-state index contributed by atoms with van der Waals surface area (Å²) in [6.07, 6.45) is 0.908. The van der Waals surface area contributed by atoms with E-state index in [0.717, 1.165) is 23.3 Å². The number of nitrogens with one attached hydrogen (secondary N) is 2. The topological polar surface area (TPSA) is 123 Å². The molecule has 0 radical (unpaired) electrons. The second-order valence-electron chi connectivity index (χ2n) is 10.4. The van der Waals surface area contributed by atoms with E-state index >= 15 is 0 Å². The van der Waals surface area contributed by atoms with Crippen LogP contribution in [0.5, 0.6) is 11.5 Å². The molecular weight excluding hydrogens is 573 g/mol. The summed E-state index contributed by atoms with van der Waals surface area (Å²) >= 11 is 0. The van der Waals surface area contributed by atoms with Gasteiger partial charge >= 0.3 is 0 Å². The number of nitrogens with zero attached hydrogens (tertiary/aromatic N) is 3. The molecule has 4 aromatic rings. The zero-order valence-electron chi connectivity index (χ0n) is 23.4. The standard InChI is InChI=1S/C31H30FN5O5S/c1-20(21-6-3-2-4-7-21)34-31-35-24(17-26(36-31)22-9-14-28-29(16-22)42-19-41-28)18-33-30(38)27-8-5-15-37(27)43(39,40)25-12-10-23(32)11-13-25/h2-4,6-7,9-14,16-17,20,27H,5,8,15,18-19H2,1H3,(H,33,38)(H,34,35,36). The van der Waals surface area contributed by atoms with Crippen molar-refractivity contribution in [2.75, 3.05) is 18.7 Å². The maximum Gasteiger partial charge on any atom is 0.243 e. The summed E-state index contributed by atoms with van der Waals surface area (Å²) in [5.41, 5.74) is 2.98. The number of hydrogen-bond acceptors (Lipinski definition) is 8. The number of aromatic nitrogens is 2. The van der Waals surface area contributed by atoms with E-state index in [2.05, 4.69) is 15.6 Å². The van der Waals surface area contributed by atoms with Crippen molar-refractivity contribution in [3.05, 3.63) is 95.9 Å². The average Bonchev–Trinajstić information content (AvgIpc) is 3.71. The highest BCUT2D eigenvalue weighted by Crippen LogP contribution is 2.36. The number of rotatable bonds is 9. The largest absolute Gasteiger partial charge is 0.454 e. The lowest BCUT2D eigenvalue weighted by molar-refractivity contribution is -0.124. The minimum Gasteiger partial charge on any atom is -0.454 e. The number of anilines is 1. The molecule has 2 atom stereocenters. The number of amides is 1. The summed E-state index contributed by atoms with van der Waals surface area (Å²) < 4.78 is 52.1. The number of fused-ring (bicyclic) bond motifs is 1. The fraction of sp³-hybridized carbons (Fsp3) is 0.258. The monoisotopic (exact) mass is 603 g/mol. The van der Waals surface area contributed by atoms with Gasteiger partial charge < -0.3 is 20.1 Å². The maximum atomic E-state index is 13.4. The normalized spacial score (nSPS) is 17.0. The molecule has 6 rings (SSSR count). The number of sulfonamides is 1. The van der Waals surface area contributed by atoms with Gasteiger partial charge in [0.2, 0.25) is 28.7 Å². The maximum absolute atomic E-state index is 13.4. The Kier molecular flexibility index (Phi) is 7.96. The van der Waals surface area contributed by atoms with Crippen LogP contribution in [0.25, 0.3) is 11.3 Å².